The van der Waals surface area contributed by atoms with Crippen molar-refractivity contribution < 1.29 is 0 Å². The second-order valence-corrected chi connectivity index (χ2v) is 4.81. The van der Waals surface area contributed by atoms with Crippen LogP contribution in [0.4, 0.5) is 0 Å². The van der Waals surface area contributed by atoms with Gasteiger partial charge in [-0.2, -0.15) is 0 Å². The molecule has 2 aromatic rings. The van der Waals surface area contributed by atoms with E-state index >= 15 is 0 Å². The lowest BCUT2D eigenvalue weighted by Crippen LogP contribution is -2.26. The van der Waals surface area contributed by atoms with E-state index in [1.54, 1.807) is 0 Å². The molecule has 0 saturated heterocycles. The van der Waals surface area contributed by atoms with Crippen LogP contribution in [-0.2, 0) is 0 Å². The van der Waals surface area contributed by atoms with E-state index in [4.69, 9.17) is 5.73 Å². The van der Waals surface area contributed by atoms with Gasteiger partial charge in [0.25, 0.3) is 0 Å². The Bertz CT molecular complexity index is 484. The fraction of sp³-hybridized carbons (Fsp3) is 0.375. The molecule has 0 amide bonds. The van der Waals surface area contributed by atoms with Gasteiger partial charge in [0.05, 0.1) is 0 Å². The Labute approximate surface area is 104 Å². The summed E-state index contributed by atoms with van der Waals surface area (Å²) in [5, 5.41) is 2.65. The molecule has 0 saturated carbocycles. The fourth-order valence-electron chi connectivity index (χ4n) is 2.46. The van der Waals surface area contributed by atoms with Gasteiger partial charge in [0.15, 0.2) is 0 Å². The van der Waals surface area contributed by atoms with Crippen LogP contribution in [0.15, 0.2) is 42.5 Å². The van der Waals surface area contributed by atoms with E-state index in [1.807, 2.05) is 0 Å². The van der Waals surface area contributed by atoms with E-state index in [-0.39, 0.29) is 6.04 Å². The van der Waals surface area contributed by atoms with Crippen LogP contribution in [0.2, 0.25) is 0 Å². The summed E-state index contributed by atoms with van der Waals surface area (Å²) in [6, 6.07) is 15.3. The molecule has 0 aliphatic carbocycles. The van der Waals surface area contributed by atoms with Crippen molar-refractivity contribution in [3.8, 4) is 0 Å². The highest BCUT2D eigenvalue weighted by molar-refractivity contribution is 5.86. The first kappa shape index (κ1) is 12.1. The summed E-state index contributed by atoms with van der Waals surface area (Å²) >= 11 is 0. The Morgan fingerprint density at radius 1 is 1.06 bits per heavy atom. The molecule has 0 bridgehead atoms. The largest absolute Gasteiger partial charge is 0.327 e. The zero-order valence-corrected chi connectivity index (χ0v) is 10.7. The predicted molar refractivity (Wildman–Crippen MR) is 75.2 cm³/mol. The molecular weight excluding hydrogens is 206 g/mol. The number of rotatable bonds is 4. The number of hydrogen-bond acceptors (Lipinski definition) is 1. The number of hydrogen-bond donors (Lipinski definition) is 1. The van der Waals surface area contributed by atoms with Crippen LogP contribution in [0.1, 0.15) is 38.2 Å². The first-order chi connectivity index (χ1) is 8.24. The number of fused-ring (bicyclic) bond motifs is 1. The first-order valence-corrected chi connectivity index (χ1v) is 6.47. The molecule has 0 aromatic heterocycles. The van der Waals surface area contributed by atoms with Crippen molar-refractivity contribution >= 4 is 10.8 Å². The molecule has 2 atom stereocenters. The average molecular weight is 227 g/mol. The summed E-state index contributed by atoms with van der Waals surface area (Å²) in [5.41, 5.74) is 7.63. The molecule has 0 aliphatic heterocycles. The molecule has 1 heteroatoms. The van der Waals surface area contributed by atoms with E-state index in [2.05, 4.69) is 56.3 Å². The van der Waals surface area contributed by atoms with Crippen molar-refractivity contribution in [3.63, 3.8) is 0 Å². The van der Waals surface area contributed by atoms with E-state index in [0.29, 0.717) is 5.92 Å². The van der Waals surface area contributed by atoms with Crippen molar-refractivity contribution in [2.75, 3.05) is 0 Å². The van der Waals surface area contributed by atoms with E-state index in [0.717, 1.165) is 12.8 Å². The Kier molecular flexibility index (Phi) is 3.80. The van der Waals surface area contributed by atoms with Gasteiger partial charge >= 0.3 is 0 Å². The number of nitrogens with two attached hydrogens (primary N) is 1. The van der Waals surface area contributed by atoms with Gasteiger partial charge in [-0.05, 0) is 28.7 Å². The summed E-state index contributed by atoms with van der Waals surface area (Å²) < 4.78 is 0. The van der Waals surface area contributed by atoms with Crippen LogP contribution in [0.3, 0.4) is 0 Å². The van der Waals surface area contributed by atoms with Gasteiger partial charge in [0.1, 0.15) is 0 Å². The molecule has 90 valence electrons. The van der Waals surface area contributed by atoms with Gasteiger partial charge in [0.2, 0.25) is 0 Å². The van der Waals surface area contributed by atoms with Gasteiger partial charge in [-0.1, -0.05) is 62.7 Å². The molecule has 2 unspecified atom stereocenters. The first-order valence-electron chi connectivity index (χ1n) is 6.47. The topological polar surface area (TPSA) is 26.0 Å². The Morgan fingerprint density at radius 2 is 1.76 bits per heavy atom. The SMILES string of the molecule is CCCC(N)C(C)c1cccc2ccccc12. The molecule has 1 nitrogen and oxygen atoms in total. The van der Waals surface area contributed by atoms with Crippen molar-refractivity contribution in [2.24, 2.45) is 5.73 Å². The maximum Gasteiger partial charge on any atom is 0.0105 e. The standard InChI is InChI=1S/C16H21N/c1-3-7-16(17)12(2)14-11-6-9-13-8-4-5-10-15(13)14/h4-6,8-12,16H,3,7,17H2,1-2H3. The van der Waals surface area contributed by atoms with E-state index in [9.17, 15) is 0 Å². The second kappa shape index (κ2) is 5.33. The van der Waals surface area contributed by atoms with Gasteiger partial charge in [0, 0.05) is 6.04 Å². The molecule has 0 radical (unpaired) electrons. The number of benzene rings is 2. The third-order valence-electron chi connectivity index (χ3n) is 3.58. The highest BCUT2D eigenvalue weighted by atomic mass is 14.6. The summed E-state index contributed by atoms with van der Waals surface area (Å²) in [7, 11) is 0. The van der Waals surface area contributed by atoms with Crippen LogP contribution < -0.4 is 5.73 Å². The fourth-order valence-corrected chi connectivity index (χ4v) is 2.46. The van der Waals surface area contributed by atoms with Gasteiger partial charge < -0.3 is 5.73 Å². The van der Waals surface area contributed by atoms with E-state index in [1.165, 1.54) is 16.3 Å². The summed E-state index contributed by atoms with van der Waals surface area (Å²) in [6.07, 6.45) is 2.24. The smallest absolute Gasteiger partial charge is 0.0105 e. The molecule has 17 heavy (non-hydrogen) atoms. The zero-order chi connectivity index (χ0) is 12.3. The highest BCUT2D eigenvalue weighted by Crippen LogP contribution is 2.28. The maximum absolute atomic E-state index is 6.25. The summed E-state index contributed by atoms with van der Waals surface area (Å²) in [6.45, 7) is 4.43. The molecule has 2 N–H and O–H groups in total. The summed E-state index contributed by atoms with van der Waals surface area (Å²) in [4.78, 5) is 0. The zero-order valence-electron chi connectivity index (χ0n) is 10.7. The van der Waals surface area contributed by atoms with Crippen molar-refractivity contribution in [1.82, 2.24) is 0 Å². The van der Waals surface area contributed by atoms with Crippen LogP contribution >= 0.6 is 0 Å². The second-order valence-electron chi connectivity index (χ2n) is 4.81. The lowest BCUT2D eigenvalue weighted by Gasteiger charge is -2.21. The quantitative estimate of drug-likeness (QED) is 0.837. The minimum Gasteiger partial charge on any atom is -0.327 e. The Balaban J connectivity index is 2.41. The van der Waals surface area contributed by atoms with E-state index < -0.39 is 0 Å². The van der Waals surface area contributed by atoms with Crippen LogP contribution in [0, 0.1) is 0 Å². The van der Waals surface area contributed by atoms with Crippen molar-refractivity contribution in [2.45, 2.75) is 38.6 Å². The Morgan fingerprint density at radius 3 is 2.53 bits per heavy atom. The molecular formula is C16H21N. The van der Waals surface area contributed by atoms with Gasteiger partial charge in [-0.25, -0.2) is 0 Å². The van der Waals surface area contributed by atoms with Crippen molar-refractivity contribution in [1.29, 1.82) is 0 Å². The van der Waals surface area contributed by atoms with Crippen LogP contribution in [0.5, 0.6) is 0 Å². The monoisotopic (exact) mass is 227 g/mol. The molecule has 2 rings (SSSR count). The lowest BCUT2D eigenvalue weighted by molar-refractivity contribution is 0.525. The molecule has 2 aromatic carbocycles. The Hall–Kier alpha value is -1.34. The van der Waals surface area contributed by atoms with Crippen LogP contribution in [-0.4, -0.2) is 6.04 Å². The third kappa shape index (κ3) is 2.50. The average Bonchev–Trinajstić information content (AvgIpc) is 2.37. The molecule has 0 aliphatic rings. The lowest BCUT2D eigenvalue weighted by atomic mass is 9.88. The molecule has 0 heterocycles. The predicted octanol–water partition coefficient (Wildman–Crippen LogP) is 4.07. The van der Waals surface area contributed by atoms with Crippen molar-refractivity contribution in [3.05, 3.63) is 48.0 Å². The molecule has 0 fully saturated rings. The third-order valence-corrected chi connectivity index (χ3v) is 3.58. The van der Waals surface area contributed by atoms with Crippen LogP contribution in [0.25, 0.3) is 10.8 Å². The van der Waals surface area contributed by atoms with Gasteiger partial charge in [-0.3, -0.25) is 0 Å². The minimum absolute atomic E-state index is 0.255. The summed E-state index contributed by atoms with van der Waals surface area (Å²) in [5.74, 6) is 0.418. The molecule has 0 spiro atoms. The minimum atomic E-state index is 0.255. The van der Waals surface area contributed by atoms with Gasteiger partial charge in [-0.15, -0.1) is 0 Å². The normalized spacial score (nSPS) is 14.8. The highest BCUT2D eigenvalue weighted by Gasteiger charge is 2.15. The maximum atomic E-state index is 6.25.